The maximum Gasteiger partial charge on any atom is 0.183 e. The van der Waals surface area contributed by atoms with Crippen molar-refractivity contribution in [2.24, 2.45) is 0 Å². The molecule has 8 heteroatoms. The minimum Gasteiger partial charge on any atom is -0.468 e. The van der Waals surface area contributed by atoms with Crippen molar-refractivity contribution in [3.8, 4) is 0 Å². The first kappa shape index (κ1) is 16.2. The van der Waals surface area contributed by atoms with Crippen molar-refractivity contribution in [1.82, 2.24) is 5.32 Å². The van der Waals surface area contributed by atoms with E-state index in [0.717, 1.165) is 0 Å². The molecule has 2 heterocycles. The third kappa shape index (κ3) is 3.49. The third-order valence-electron chi connectivity index (χ3n) is 3.89. The maximum absolute atomic E-state index is 12.8. The minimum absolute atomic E-state index is 0.145. The Morgan fingerprint density at radius 2 is 1.83 bits per heavy atom. The summed E-state index contributed by atoms with van der Waals surface area (Å²) in [5.41, 5.74) is 0. The number of furan rings is 1. The number of rotatable bonds is 5. The molecule has 1 aromatic carbocycles. The van der Waals surface area contributed by atoms with Crippen LogP contribution in [0.4, 0.5) is 0 Å². The summed E-state index contributed by atoms with van der Waals surface area (Å²) in [5.74, 6) is 0.0787. The first-order valence-corrected chi connectivity index (χ1v) is 10.5. The number of nitrogens with one attached hydrogen (secondary N) is 1. The fraction of sp³-hybridized carbons (Fsp3) is 0.333. The van der Waals surface area contributed by atoms with Crippen LogP contribution in [0, 0.1) is 0 Å². The van der Waals surface area contributed by atoms with Crippen molar-refractivity contribution >= 4 is 19.7 Å². The second kappa shape index (κ2) is 6.10. The molecule has 0 radical (unpaired) electrons. The van der Waals surface area contributed by atoms with E-state index in [9.17, 15) is 16.8 Å². The Morgan fingerprint density at radius 3 is 2.48 bits per heavy atom. The van der Waals surface area contributed by atoms with Gasteiger partial charge in [-0.05, 0) is 24.3 Å². The Labute approximate surface area is 135 Å². The van der Waals surface area contributed by atoms with E-state index in [4.69, 9.17) is 4.42 Å². The summed E-state index contributed by atoms with van der Waals surface area (Å²) in [4.78, 5) is 0.145. The molecule has 2 aromatic rings. The summed E-state index contributed by atoms with van der Waals surface area (Å²) >= 11 is 0. The van der Waals surface area contributed by atoms with Gasteiger partial charge in [0.25, 0.3) is 0 Å². The predicted molar refractivity (Wildman–Crippen MR) is 85.4 cm³/mol. The summed E-state index contributed by atoms with van der Waals surface area (Å²) in [6.45, 7) is 0.286. The van der Waals surface area contributed by atoms with Gasteiger partial charge < -0.3 is 9.73 Å². The van der Waals surface area contributed by atoms with E-state index in [1.165, 1.54) is 18.4 Å². The average Bonchev–Trinajstić information content (AvgIpc) is 3.13. The zero-order valence-electron chi connectivity index (χ0n) is 12.3. The highest BCUT2D eigenvalue weighted by atomic mass is 32.2. The summed E-state index contributed by atoms with van der Waals surface area (Å²) in [5, 5.41) is 2.02. The van der Waals surface area contributed by atoms with E-state index in [-0.39, 0.29) is 22.9 Å². The number of hydrogen-bond donors (Lipinski definition) is 1. The fourth-order valence-electron chi connectivity index (χ4n) is 2.74. The Bertz CT molecular complexity index is 858. The molecule has 0 unspecified atom stereocenters. The second-order valence-corrected chi connectivity index (χ2v) is 9.86. The Hall–Kier alpha value is -1.64. The summed E-state index contributed by atoms with van der Waals surface area (Å²) in [7, 11) is -7.12. The van der Waals surface area contributed by atoms with Gasteiger partial charge in [-0.2, -0.15) is 0 Å². The molecule has 0 aliphatic carbocycles. The van der Waals surface area contributed by atoms with Gasteiger partial charge in [0.1, 0.15) is 5.76 Å². The maximum atomic E-state index is 12.8. The van der Waals surface area contributed by atoms with E-state index in [2.05, 4.69) is 5.32 Å². The molecule has 1 aromatic heterocycles. The van der Waals surface area contributed by atoms with Crippen molar-refractivity contribution < 1.29 is 21.3 Å². The number of hydrogen-bond acceptors (Lipinski definition) is 6. The molecule has 6 nitrogen and oxygen atoms in total. The van der Waals surface area contributed by atoms with Crippen LogP contribution in [-0.2, 0) is 26.2 Å². The van der Waals surface area contributed by atoms with E-state index in [0.29, 0.717) is 5.76 Å². The highest BCUT2D eigenvalue weighted by Crippen LogP contribution is 2.26. The molecular weight excluding hydrogens is 338 g/mol. The van der Waals surface area contributed by atoms with Crippen molar-refractivity contribution in [2.45, 2.75) is 22.7 Å². The molecule has 2 atom stereocenters. The van der Waals surface area contributed by atoms with Gasteiger partial charge in [0.05, 0.1) is 34.5 Å². The van der Waals surface area contributed by atoms with Crippen LogP contribution in [-0.4, -0.2) is 39.6 Å². The molecule has 1 aliphatic rings. The van der Waals surface area contributed by atoms with Crippen LogP contribution in [0.1, 0.15) is 5.76 Å². The standard InChI is InChI=1S/C15H17NO5S2/c17-22(18)10-14(16-9-12-5-4-8-21-12)15(11-22)23(19,20)13-6-2-1-3-7-13/h1-8,14-16H,9-11H2/t14-,15-/m0/s1. The highest BCUT2D eigenvalue weighted by Gasteiger charge is 2.45. The molecule has 0 saturated carbocycles. The largest absolute Gasteiger partial charge is 0.468 e. The van der Waals surface area contributed by atoms with Crippen molar-refractivity contribution in [1.29, 1.82) is 0 Å². The molecule has 0 spiro atoms. The summed E-state index contributed by atoms with van der Waals surface area (Å²) in [6.07, 6.45) is 1.51. The third-order valence-corrected chi connectivity index (χ3v) is 8.06. The lowest BCUT2D eigenvalue weighted by Gasteiger charge is -2.19. The van der Waals surface area contributed by atoms with E-state index in [1.807, 2.05) is 0 Å². The Balaban J connectivity index is 1.86. The zero-order chi connectivity index (χ0) is 16.5. The van der Waals surface area contributed by atoms with Gasteiger partial charge in [0.2, 0.25) is 0 Å². The zero-order valence-corrected chi connectivity index (χ0v) is 13.9. The molecule has 124 valence electrons. The molecule has 0 amide bonds. The topological polar surface area (TPSA) is 93.4 Å². The van der Waals surface area contributed by atoms with Gasteiger partial charge in [-0.25, -0.2) is 16.8 Å². The average molecular weight is 355 g/mol. The Morgan fingerprint density at radius 1 is 1.09 bits per heavy atom. The molecule has 1 aliphatic heterocycles. The predicted octanol–water partition coefficient (Wildman–Crippen LogP) is 1.01. The fourth-order valence-corrected chi connectivity index (χ4v) is 7.48. The first-order chi connectivity index (χ1) is 10.9. The monoisotopic (exact) mass is 355 g/mol. The van der Waals surface area contributed by atoms with Crippen LogP contribution in [0.3, 0.4) is 0 Å². The van der Waals surface area contributed by atoms with Gasteiger partial charge in [-0.3, -0.25) is 0 Å². The molecule has 1 saturated heterocycles. The van der Waals surface area contributed by atoms with Gasteiger partial charge >= 0.3 is 0 Å². The first-order valence-electron chi connectivity index (χ1n) is 7.14. The molecule has 23 heavy (non-hydrogen) atoms. The van der Waals surface area contributed by atoms with Crippen molar-refractivity contribution in [2.75, 3.05) is 11.5 Å². The Kier molecular flexibility index (Phi) is 4.31. The molecule has 3 rings (SSSR count). The lowest BCUT2D eigenvalue weighted by Crippen LogP contribution is -2.42. The van der Waals surface area contributed by atoms with Crippen LogP contribution < -0.4 is 5.32 Å². The lowest BCUT2D eigenvalue weighted by atomic mass is 10.2. The van der Waals surface area contributed by atoms with Crippen LogP contribution in [0.15, 0.2) is 58.0 Å². The van der Waals surface area contributed by atoms with E-state index in [1.54, 1.807) is 30.3 Å². The SMILES string of the molecule is O=S1(=O)C[C@H](NCc2ccco2)[C@@H](S(=O)(=O)c2ccccc2)C1. The molecule has 0 bridgehead atoms. The highest BCUT2D eigenvalue weighted by molar-refractivity contribution is 7.96. The normalized spacial score (nSPS) is 23.8. The number of sulfone groups is 2. The van der Waals surface area contributed by atoms with Gasteiger partial charge in [-0.15, -0.1) is 0 Å². The van der Waals surface area contributed by atoms with Crippen LogP contribution in [0.5, 0.6) is 0 Å². The summed E-state index contributed by atoms with van der Waals surface area (Å²) in [6, 6.07) is 10.8. The second-order valence-electron chi connectivity index (χ2n) is 5.54. The van der Waals surface area contributed by atoms with Crippen LogP contribution >= 0.6 is 0 Å². The summed E-state index contributed by atoms with van der Waals surface area (Å²) < 4.78 is 54.6. The van der Waals surface area contributed by atoms with Crippen LogP contribution in [0.2, 0.25) is 0 Å². The smallest absolute Gasteiger partial charge is 0.183 e. The van der Waals surface area contributed by atoms with E-state index >= 15 is 0 Å². The van der Waals surface area contributed by atoms with E-state index < -0.39 is 31.0 Å². The molecule has 1 fully saturated rings. The quantitative estimate of drug-likeness (QED) is 0.860. The lowest BCUT2D eigenvalue weighted by molar-refractivity contribution is 0.454. The molecular formula is C15H17NO5S2. The van der Waals surface area contributed by atoms with Gasteiger partial charge in [0, 0.05) is 6.04 Å². The number of benzene rings is 1. The van der Waals surface area contributed by atoms with Crippen LogP contribution in [0.25, 0.3) is 0 Å². The van der Waals surface area contributed by atoms with Crippen molar-refractivity contribution in [3.05, 3.63) is 54.5 Å². The minimum atomic E-state index is -3.72. The van der Waals surface area contributed by atoms with Crippen molar-refractivity contribution in [3.63, 3.8) is 0 Å². The van der Waals surface area contributed by atoms with Gasteiger partial charge in [-0.1, -0.05) is 18.2 Å². The molecule has 1 N–H and O–H groups in total. The van der Waals surface area contributed by atoms with Gasteiger partial charge in [0.15, 0.2) is 19.7 Å².